The lowest BCUT2D eigenvalue weighted by atomic mass is 9.96. The Bertz CT molecular complexity index is 180. The lowest BCUT2D eigenvalue weighted by molar-refractivity contribution is 0.0849. The number of nitrogens with two attached hydrogens (primary N) is 1. The van der Waals surface area contributed by atoms with Crippen molar-refractivity contribution in [1.82, 2.24) is 4.90 Å². The molecule has 0 aromatic rings. The third-order valence-corrected chi connectivity index (χ3v) is 3.32. The zero-order valence-corrected chi connectivity index (χ0v) is 10.3. The number of aliphatic hydroxyl groups is 1. The Morgan fingerprint density at radius 1 is 1.40 bits per heavy atom. The van der Waals surface area contributed by atoms with Gasteiger partial charge in [-0.1, -0.05) is 20.8 Å². The molecule has 0 aliphatic heterocycles. The second-order valence-corrected chi connectivity index (χ2v) is 5.04. The van der Waals surface area contributed by atoms with Gasteiger partial charge in [-0.25, -0.2) is 0 Å². The highest BCUT2D eigenvalue weighted by Crippen LogP contribution is 2.30. The Hall–Kier alpha value is -0.120. The van der Waals surface area contributed by atoms with Crippen LogP contribution >= 0.6 is 0 Å². The molecule has 0 amide bonds. The monoisotopic (exact) mass is 214 g/mol. The van der Waals surface area contributed by atoms with Gasteiger partial charge in [0.05, 0.1) is 6.61 Å². The summed E-state index contributed by atoms with van der Waals surface area (Å²) in [6.07, 6.45) is 3.69. The molecular weight excluding hydrogens is 188 g/mol. The van der Waals surface area contributed by atoms with E-state index in [4.69, 9.17) is 5.73 Å². The standard InChI is InChI=1S/C12H26N2O/c1-4-7-14(10-5-6-10)11(8-15)12(13)9(2)3/h9-12,15H,4-8,13H2,1-3H3. The molecule has 1 saturated carbocycles. The Kier molecular flexibility index (Phi) is 5.03. The number of hydrogen-bond donors (Lipinski definition) is 2. The summed E-state index contributed by atoms with van der Waals surface area (Å²) in [5.41, 5.74) is 6.17. The van der Waals surface area contributed by atoms with E-state index in [0.29, 0.717) is 12.0 Å². The summed E-state index contributed by atoms with van der Waals surface area (Å²) in [6.45, 7) is 7.70. The minimum Gasteiger partial charge on any atom is -0.395 e. The van der Waals surface area contributed by atoms with Gasteiger partial charge in [0.2, 0.25) is 0 Å². The second-order valence-electron chi connectivity index (χ2n) is 5.04. The fraction of sp³-hybridized carbons (Fsp3) is 1.00. The molecule has 0 spiro atoms. The Morgan fingerprint density at radius 3 is 2.33 bits per heavy atom. The summed E-state index contributed by atoms with van der Waals surface area (Å²) in [4.78, 5) is 2.42. The molecule has 1 rings (SSSR count). The van der Waals surface area contributed by atoms with E-state index >= 15 is 0 Å². The van der Waals surface area contributed by atoms with Crippen LogP contribution in [0.4, 0.5) is 0 Å². The molecule has 15 heavy (non-hydrogen) atoms. The van der Waals surface area contributed by atoms with Crippen LogP contribution in [0.15, 0.2) is 0 Å². The quantitative estimate of drug-likeness (QED) is 0.669. The van der Waals surface area contributed by atoms with Gasteiger partial charge in [0.1, 0.15) is 0 Å². The normalized spacial score (nSPS) is 21.0. The maximum absolute atomic E-state index is 9.50. The maximum Gasteiger partial charge on any atom is 0.0602 e. The van der Waals surface area contributed by atoms with E-state index in [-0.39, 0.29) is 18.7 Å². The zero-order valence-electron chi connectivity index (χ0n) is 10.3. The topological polar surface area (TPSA) is 49.5 Å². The van der Waals surface area contributed by atoms with Crippen molar-refractivity contribution in [1.29, 1.82) is 0 Å². The first-order valence-electron chi connectivity index (χ1n) is 6.24. The molecule has 1 aliphatic rings. The van der Waals surface area contributed by atoms with Gasteiger partial charge in [-0.05, 0) is 31.7 Å². The van der Waals surface area contributed by atoms with Crippen LogP contribution in [0.25, 0.3) is 0 Å². The zero-order chi connectivity index (χ0) is 11.4. The molecule has 3 nitrogen and oxygen atoms in total. The predicted molar refractivity (Wildman–Crippen MR) is 63.7 cm³/mol. The van der Waals surface area contributed by atoms with E-state index in [1.807, 2.05) is 0 Å². The lowest BCUT2D eigenvalue weighted by Crippen LogP contribution is -2.53. The van der Waals surface area contributed by atoms with Crippen LogP contribution in [-0.2, 0) is 0 Å². The molecule has 3 N–H and O–H groups in total. The van der Waals surface area contributed by atoms with E-state index < -0.39 is 0 Å². The Labute approximate surface area is 93.6 Å². The fourth-order valence-electron chi connectivity index (χ4n) is 2.18. The van der Waals surface area contributed by atoms with Crippen LogP contribution < -0.4 is 5.73 Å². The molecule has 2 unspecified atom stereocenters. The first-order valence-corrected chi connectivity index (χ1v) is 6.24. The molecule has 1 aliphatic carbocycles. The molecule has 0 bridgehead atoms. The first kappa shape index (κ1) is 12.9. The van der Waals surface area contributed by atoms with Crippen molar-refractivity contribution in [3.8, 4) is 0 Å². The average molecular weight is 214 g/mol. The van der Waals surface area contributed by atoms with Crippen LogP contribution in [0, 0.1) is 5.92 Å². The van der Waals surface area contributed by atoms with Crippen LogP contribution in [0.5, 0.6) is 0 Å². The van der Waals surface area contributed by atoms with Crippen molar-refractivity contribution in [2.24, 2.45) is 11.7 Å². The van der Waals surface area contributed by atoms with E-state index in [9.17, 15) is 5.11 Å². The molecule has 0 heterocycles. The van der Waals surface area contributed by atoms with E-state index in [2.05, 4.69) is 25.7 Å². The summed E-state index contributed by atoms with van der Waals surface area (Å²) < 4.78 is 0. The van der Waals surface area contributed by atoms with E-state index in [0.717, 1.165) is 13.0 Å². The molecule has 1 fully saturated rings. The van der Waals surface area contributed by atoms with Crippen molar-refractivity contribution in [3.05, 3.63) is 0 Å². The van der Waals surface area contributed by atoms with Gasteiger partial charge in [-0.3, -0.25) is 4.90 Å². The molecule has 0 radical (unpaired) electrons. The lowest BCUT2D eigenvalue weighted by Gasteiger charge is -2.36. The van der Waals surface area contributed by atoms with Gasteiger partial charge in [0, 0.05) is 18.1 Å². The van der Waals surface area contributed by atoms with Crippen molar-refractivity contribution in [3.63, 3.8) is 0 Å². The van der Waals surface area contributed by atoms with Crippen molar-refractivity contribution >= 4 is 0 Å². The second kappa shape index (κ2) is 5.83. The van der Waals surface area contributed by atoms with Gasteiger partial charge in [-0.2, -0.15) is 0 Å². The summed E-state index contributed by atoms with van der Waals surface area (Å²) in [7, 11) is 0. The highest BCUT2D eigenvalue weighted by molar-refractivity contribution is 4.93. The van der Waals surface area contributed by atoms with E-state index in [1.54, 1.807) is 0 Å². The maximum atomic E-state index is 9.50. The van der Waals surface area contributed by atoms with Crippen molar-refractivity contribution < 1.29 is 5.11 Å². The van der Waals surface area contributed by atoms with Crippen LogP contribution in [-0.4, -0.2) is 41.3 Å². The smallest absolute Gasteiger partial charge is 0.0602 e. The molecule has 90 valence electrons. The van der Waals surface area contributed by atoms with Crippen LogP contribution in [0.1, 0.15) is 40.0 Å². The highest BCUT2D eigenvalue weighted by Gasteiger charge is 2.36. The number of hydrogen-bond acceptors (Lipinski definition) is 3. The molecule has 2 atom stereocenters. The summed E-state index contributed by atoms with van der Waals surface area (Å²) in [5, 5.41) is 9.50. The summed E-state index contributed by atoms with van der Waals surface area (Å²) in [6, 6.07) is 0.923. The minimum atomic E-state index is 0.0853. The Balaban J connectivity index is 2.59. The van der Waals surface area contributed by atoms with Gasteiger partial charge >= 0.3 is 0 Å². The first-order chi connectivity index (χ1) is 7.11. The molecular formula is C12H26N2O. The molecule has 0 saturated heterocycles. The van der Waals surface area contributed by atoms with Gasteiger partial charge in [-0.15, -0.1) is 0 Å². The summed E-state index contributed by atoms with van der Waals surface area (Å²) >= 11 is 0. The summed E-state index contributed by atoms with van der Waals surface area (Å²) in [5.74, 6) is 0.431. The van der Waals surface area contributed by atoms with Gasteiger partial charge < -0.3 is 10.8 Å². The average Bonchev–Trinajstić information content (AvgIpc) is 3.00. The Morgan fingerprint density at radius 2 is 2.00 bits per heavy atom. The van der Waals surface area contributed by atoms with Crippen molar-refractivity contribution in [2.75, 3.05) is 13.2 Å². The number of aliphatic hydroxyl groups excluding tert-OH is 1. The number of nitrogens with zero attached hydrogens (tertiary/aromatic N) is 1. The molecule has 0 aromatic carbocycles. The van der Waals surface area contributed by atoms with Crippen molar-refractivity contribution in [2.45, 2.75) is 58.2 Å². The highest BCUT2D eigenvalue weighted by atomic mass is 16.3. The van der Waals surface area contributed by atoms with Gasteiger partial charge in [0.25, 0.3) is 0 Å². The van der Waals surface area contributed by atoms with Crippen LogP contribution in [0.2, 0.25) is 0 Å². The van der Waals surface area contributed by atoms with Gasteiger partial charge in [0.15, 0.2) is 0 Å². The number of rotatable bonds is 7. The SMILES string of the molecule is CCCN(C1CC1)C(CO)C(N)C(C)C. The molecule has 3 heteroatoms. The minimum absolute atomic E-state index is 0.0853. The largest absolute Gasteiger partial charge is 0.395 e. The predicted octanol–water partition coefficient (Wildman–Crippen LogP) is 1.21. The third kappa shape index (κ3) is 3.44. The van der Waals surface area contributed by atoms with E-state index in [1.165, 1.54) is 12.8 Å². The van der Waals surface area contributed by atoms with Crippen LogP contribution in [0.3, 0.4) is 0 Å². The molecule has 0 aromatic heterocycles. The fourth-order valence-corrected chi connectivity index (χ4v) is 2.18. The third-order valence-electron chi connectivity index (χ3n) is 3.32.